The average Bonchev–Trinajstić information content (AvgIpc) is 2.28. The van der Waals surface area contributed by atoms with Gasteiger partial charge >= 0.3 is 5.97 Å². The zero-order chi connectivity index (χ0) is 10.8. The summed E-state index contributed by atoms with van der Waals surface area (Å²) in [6.45, 7) is 2.13. The molecule has 0 amide bonds. The Bertz CT molecular complexity index is 418. The van der Waals surface area contributed by atoms with Crippen LogP contribution >= 0.6 is 0 Å². The summed E-state index contributed by atoms with van der Waals surface area (Å²) < 4.78 is 4.75. The van der Waals surface area contributed by atoms with Crippen molar-refractivity contribution in [3.63, 3.8) is 0 Å². The average molecular weight is 202 g/mol. The molecule has 2 rings (SSSR count). The van der Waals surface area contributed by atoms with E-state index in [4.69, 9.17) is 4.74 Å². The molecule has 0 heterocycles. The molecule has 1 aromatic carbocycles. The third-order valence-electron chi connectivity index (χ3n) is 2.83. The third kappa shape index (κ3) is 1.80. The first-order valence-corrected chi connectivity index (χ1v) is 5.10. The molecule has 0 bridgehead atoms. The van der Waals surface area contributed by atoms with Crippen molar-refractivity contribution in [3.05, 3.63) is 41.0 Å². The van der Waals surface area contributed by atoms with Gasteiger partial charge in [0.15, 0.2) is 0 Å². The maximum atomic E-state index is 11.4. The number of benzene rings is 1. The van der Waals surface area contributed by atoms with Crippen LogP contribution < -0.4 is 0 Å². The first kappa shape index (κ1) is 9.97. The molecule has 0 saturated carbocycles. The highest BCUT2D eigenvalue weighted by Crippen LogP contribution is 2.33. The van der Waals surface area contributed by atoms with E-state index >= 15 is 0 Å². The van der Waals surface area contributed by atoms with E-state index in [0.717, 1.165) is 17.6 Å². The van der Waals surface area contributed by atoms with Gasteiger partial charge in [-0.15, -0.1) is 0 Å². The van der Waals surface area contributed by atoms with Gasteiger partial charge in [0.25, 0.3) is 0 Å². The Morgan fingerprint density at radius 2 is 2.13 bits per heavy atom. The van der Waals surface area contributed by atoms with Crippen LogP contribution in [0.4, 0.5) is 0 Å². The number of rotatable bonds is 1. The zero-order valence-corrected chi connectivity index (χ0v) is 8.99. The quantitative estimate of drug-likeness (QED) is 0.654. The molecule has 78 valence electrons. The second-order valence-corrected chi connectivity index (χ2v) is 3.90. The molecule has 0 radical (unpaired) electrons. The highest BCUT2D eigenvalue weighted by molar-refractivity contribution is 5.94. The van der Waals surface area contributed by atoms with Crippen LogP contribution in [0.5, 0.6) is 0 Å². The Balaban J connectivity index is 2.43. The summed E-state index contributed by atoms with van der Waals surface area (Å²) >= 11 is 0. The maximum absolute atomic E-state index is 11.4. The fourth-order valence-electron chi connectivity index (χ4n) is 2.05. The van der Waals surface area contributed by atoms with Crippen LogP contribution in [0, 0.1) is 0 Å². The maximum Gasteiger partial charge on any atom is 0.333 e. The van der Waals surface area contributed by atoms with Crippen LogP contribution in [0.15, 0.2) is 29.8 Å². The number of fused-ring (bicyclic) bond motifs is 1. The van der Waals surface area contributed by atoms with Gasteiger partial charge in [-0.1, -0.05) is 31.2 Å². The Morgan fingerprint density at radius 3 is 2.87 bits per heavy atom. The van der Waals surface area contributed by atoms with Crippen molar-refractivity contribution in [3.8, 4) is 0 Å². The van der Waals surface area contributed by atoms with Crippen molar-refractivity contribution in [2.45, 2.75) is 19.3 Å². The van der Waals surface area contributed by atoms with E-state index in [9.17, 15) is 4.79 Å². The Hall–Kier alpha value is -1.57. The Labute approximate surface area is 89.6 Å². The molecule has 1 unspecified atom stereocenters. The summed E-state index contributed by atoms with van der Waals surface area (Å²) in [5, 5.41) is 0. The molecule has 1 atom stereocenters. The second kappa shape index (κ2) is 3.89. The SMILES string of the molecule is COC(=O)C1=Cc2ccccc2C(C)C1. The smallest absolute Gasteiger partial charge is 0.333 e. The van der Waals surface area contributed by atoms with Gasteiger partial charge in [-0.2, -0.15) is 0 Å². The van der Waals surface area contributed by atoms with Gasteiger partial charge in [0, 0.05) is 5.57 Å². The minimum atomic E-state index is -0.212. The molecule has 0 saturated heterocycles. The molecule has 1 aromatic rings. The van der Waals surface area contributed by atoms with E-state index in [-0.39, 0.29) is 5.97 Å². The molecule has 0 N–H and O–H groups in total. The van der Waals surface area contributed by atoms with E-state index in [1.807, 2.05) is 24.3 Å². The van der Waals surface area contributed by atoms with Crippen LogP contribution in [0.25, 0.3) is 6.08 Å². The summed E-state index contributed by atoms with van der Waals surface area (Å²) in [4.78, 5) is 11.4. The topological polar surface area (TPSA) is 26.3 Å². The molecule has 0 spiro atoms. The fourth-order valence-corrected chi connectivity index (χ4v) is 2.05. The largest absolute Gasteiger partial charge is 0.466 e. The van der Waals surface area contributed by atoms with E-state index in [1.165, 1.54) is 12.7 Å². The summed E-state index contributed by atoms with van der Waals surface area (Å²) in [5.41, 5.74) is 3.21. The molecule has 2 heteroatoms. The fraction of sp³-hybridized carbons (Fsp3) is 0.308. The highest BCUT2D eigenvalue weighted by Gasteiger charge is 2.21. The van der Waals surface area contributed by atoms with Gasteiger partial charge in [-0.25, -0.2) is 4.79 Å². The van der Waals surface area contributed by atoms with Crippen molar-refractivity contribution in [1.82, 2.24) is 0 Å². The molecule has 2 nitrogen and oxygen atoms in total. The van der Waals surface area contributed by atoms with Gasteiger partial charge in [0.2, 0.25) is 0 Å². The van der Waals surface area contributed by atoms with Gasteiger partial charge in [-0.05, 0) is 29.5 Å². The van der Waals surface area contributed by atoms with E-state index in [2.05, 4.69) is 13.0 Å². The van der Waals surface area contributed by atoms with Gasteiger partial charge in [0.1, 0.15) is 0 Å². The van der Waals surface area contributed by atoms with Crippen molar-refractivity contribution in [1.29, 1.82) is 0 Å². The molecule has 15 heavy (non-hydrogen) atoms. The highest BCUT2D eigenvalue weighted by atomic mass is 16.5. The molecule has 0 aromatic heterocycles. The van der Waals surface area contributed by atoms with Crippen LogP contribution in [-0.2, 0) is 9.53 Å². The Morgan fingerprint density at radius 1 is 1.40 bits per heavy atom. The lowest BCUT2D eigenvalue weighted by molar-refractivity contribution is -0.136. The predicted molar refractivity (Wildman–Crippen MR) is 59.5 cm³/mol. The van der Waals surface area contributed by atoms with Crippen LogP contribution in [0.1, 0.15) is 30.4 Å². The first-order valence-electron chi connectivity index (χ1n) is 5.10. The van der Waals surface area contributed by atoms with Crippen LogP contribution in [0.2, 0.25) is 0 Å². The van der Waals surface area contributed by atoms with E-state index < -0.39 is 0 Å². The molecule has 0 aliphatic heterocycles. The number of methoxy groups -OCH3 is 1. The Kier molecular flexibility index (Phi) is 2.58. The predicted octanol–water partition coefficient (Wildman–Crippen LogP) is 2.75. The lowest BCUT2D eigenvalue weighted by Gasteiger charge is -2.21. The van der Waals surface area contributed by atoms with Gasteiger partial charge in [0.05, 0.1) is 7.11 Å². The lowest BCUT2D eigenvalue weighted by atomic mass is 9.84. The molecule has 0 fully saturated rings. The second-order valence-electron chi connectivity index (χ2n) is 3.90. The number of ether oxygens (including phenoxy) is 1. The van der Waals surface area contributed by atoms with Gasteiger partial charge in [-0.3, -0.25) is 0 Å². The van der Waals surface area contributed by atoms with Crippen molar-refractivity contribution in [2.24, 2.45) is 0 Å². The number of hydrogen-bond donors (Lipinski definition) is 0. The zero-order valence-electron chi connectivity index (χ0n) is 8.99. The summed E-state index contributed by atoms with van der Waals surface area (Å²) in [6, 6.07) is 8.17. The number of carbonyl (C=O) groups is 1. The van der Waals surface area contributed by atoms with Gasteiger partial charge < -0.3 is 4.74 Å². The van der Waals surface area contributed by atoms with Crippen molar-refractivity contribution >= 4 is 12.0 Å². The van der Waals surface area contributed by atoms with Crippen LogP contribution in [0.3, 0.4) is 0 Å². The van der Waals surface area contributed by atoms with E-state index in [1.54, 1.807) is 0 Å². The minimum absolute atomic E-state index is 0.212. The number of hydrogen-bond acceptors (Lipinski definition) is 2. The minimum Gasteiger partial charge on any atom is -0.466 e. The normalized spacial score (nSPS) is 19.1. The monoisotopic (exact) mass is 202 g/mol. The number of esters is 1. The van der Waals surface area contributed by atoms with Crippen molar-refractivity contribution in [2.75, 3.05) is 7.11 Å². The molecule has 1 aliphatic rings. The van der Waals surface area contributed by atoms with Crippen LogP contribution in [-0.4, -0.2) is 13.1 Å². The standard InChI is InChI=1S/C13H14O2/c1-9-7-11(13(14)15-2)8-10-5-3-4-6-12(9)10/h3-6,8-9H,7H2,1-2H3. The van der Waals surface area contributed by atoms with Crippen molar-refractivity contribution < 1.29 is 9.53 Å². The summed E-state index contributed by atoms with van der Waals surface area (Å²) in [6.07, 6.45) is 2.70. The molecular weight excluding hydrogens is 188 g/mol. The molecular formula is C13H14O2. The lowest BCUT2D eigenvalue weighted by Crippen LogP contribution is -2.12. The number of carbonyl (C=O) groups excluding carboxylic acids is 1. The summed E-state index contributed by atoms with van der Waals surface area (Å²) in [7, 11) is 1.42. The summed E-state index contributed by atoms with van der Waals surface area (Å²) in [5.74, 6) is 0.177. The first-order chi connectivity index (χ1) is 7.22. The molecule has 1 aliphatic carbocycles. The van der Waals surface area contributed by atoms with E-state index in [0.29, 0.717) is 5.92 Å². The third-order valence-corrected chi connectivity index (χ3v) is 2.83.